The quantitative estimate of drug-likeness (QED) is 0.511. The molecule has 0 unspecified atom stereocenters. The number of sulfonamides is 1. The Labute approximate surface area is 168 Å². The first-order valence-electron chi connectivity index (χ1n) is 9.70. The van der Waals surface area contributed by atoms with Crippen LogP contribution in [-0.2, 0) is 14.8 Å². The van der Waals surface area contributed by atoms with Crippen LogP contribution in [0.2, 0.25) is 0 Å². The Morgan fingerprint density at radius 1 is 1.14 bits per heavy atom. The lowest BCUT2D eigenvalue weighted by atomic mass is 10.2. The van der Waals surface area contributed by atoms with Crippen molar-refractivity contribution in [2.24, 2.45) is 0 Å². The van der Waals surface area contributed by atoms with E-state index in [0.29, 0.717) is 12.1 Å². The lowest BCUT2D eigenvalue weighted by molar-refractivity contribution is 0.0951. The zero-order chi connectivity index (χ0) is 20.4. The van der Waals surface area contributed by atoms with Gasteiger partial charge in [0.25, 0.3) is 5.91 Å². The van der Waals surface area contributed by atoms with Gasteiger partial charge >= 0.3 is 0 Å². The van der Waals surface area contributed by atoms with Gasteiger partial charge in [-0.3, -0.25) is 4.79 Å². The summed E-state index contributed by atoms with van der Waals surface area (Å²) in [6, 6.07) is 6.07. The molecular formula is C19H32N4O4S. The second-order valence-corrected chi connectivity index (χ2v) is 8.79. The molecule has 2 rings (SSSR count). The molecule has 2 N–H and O–H groups in total. The standard InChI is InChI=1S/C19H32N4O4S/c1-22-11-13-23(14-12-22)10-4-3-8-20-19(24)17-6-5-7-18(16-17)28(25,26)21-9-15-27-2/h5-7,16,21H,3-4,8-15H2,1-2H3,(H,20,24). The highest BCUT2D eigenvalue weighted by Gasteiger charge is 2.16. The third-order valence-electron chi connectivity index (χ3n) is 4.79. The molecular weight excluding hydrogens is 380 g/mol. The first-order valence-corrected chi connectivity index (χ1v) is 11.2. The Kier molecular flexibility index (Phi) is 9.33. The minimum Gasteiger partial charge on any atom is -0.383 e. The second kappa shape index (κ2) is 11.5. The molecule has 8 nitrogen and oxygen atoms in total. The van der Waals surface area contributed by atoms with Crippen LogP contribution in [0, 0.1) is 0 Å². The van der Waals surface area contributed by atoms with Crippen LogP contribution in [0.25, 0.3) is 0 Å². The number of amides is 1. The second-order valence-electron chi connectivity index (χ2n) is 7.03. The summed E-state index contributed by atoms with van der Waals surface area (Å²) in [6.07, 6.45) is 1.93. The highest BCUT2D eigenvalue weighted by molar-refractivity contribution is 7.89. The maximum Gasteiger partial charge on any atom is 0.251 e. The van der Waals surface area contributed by atoms with Crippen molar-refractivity contribution in [3.8, 4) is 0 Å². The van der Waals surface area contributed by atoms with E-state index in [9.17, 15) is 13.2 Å². The van der Waals surface area contributed by atoms with E-state index < -0.39 is 10.0 Å². The molecule has 1 amide bonds. The summed E-state index contributed by atoms with van der Waals surface area (Å²) in [4.78, 5) is 17.2. The van der Waals surface area contributed by atoms with Crippen molar-refractivity contribution < 1.29 is 17.9 Å². The lowest BCUT2D eigenvalue weighted by Crippen LogP contribution is -2.44. The third-order valence-corrected chi connectivity index (χ3v) is 6.25. The van der Waals surface area contributed by atoms with Gasteiger partial charge in [-0.15, -0.1) is 0 Å². The average molecular weight is 413 g/mol. The van der Waals surface area contributed by atoms with Gasteiger partial charge in [0, 0.05) is 51.9 Å². The fraction of sp³-hybridized carbons (Fsp3) is 0.632. The SMILES string of the molecule is COCCNS(=O)(=O)c1cccc(C(=O)NCCCCN2CCN(C)CC2)c1. The number of hydrogen-bond acceptors (Lipinski definition) is 6. The van der Waals surface area contributed by atoms with Gasteiger partial charge in [0.2, 0.25) is 10.0 Å². The molecule has 0 spiro atoms. The number of nitrogens with zero attached hydrogens (tertiary/aromatic N) is 2. The van der Waals surface area contributed by atoms with Crippen molar-refractivity contribution in [3.05, 3.63) is 29.8 Å². The normalized spacial score (nSPS) is 16.2. The Bertz CT molecular complexity index is 718. The molecule has 1 aliphatic rings. The largest absolute Gasteiger partial charge is 0.383 e. The molecule has 1 aliphatic heterocycles. The van der Waals surface area contributed by atoms with Gasteiger partial charge in [-0.25, -0.2) is 13.1 Å². The summed E-state index contributed by atoms with van der Waals surface area (Å²) >= 11 is 0. The Hall–Kier alpha value is -1.52. The van der Waals surface area contributed by atoms with Crippen LogP contribution in [-0.4, -0.2) is 90.7 Å². The maximum atomic E-state index is 12.3. The average Bonchev–Trinajstić information content (AvgIpc) is 2.69. The molecule has 0 aromatic heterocycles. The summed E-state index contributed by atoms with van der Waals surface area (Å²) in [6.45, 7) is 6.51. The van der Waals surface area contributed by atoms with Crippen molar-refractivity contribution >= 4 is 15.9 Å². The topological polar surface area (TPSA) is 91.0 Å². The molecule has 1 heterocycles. The number of benzene rings is 1. The molecule has 158 valence electrons. The summed E-state index contributed by atoms with van der Waals surface area (Å²) in [5.74, 6) is -0.256. The van der Waals surface area contributed by atoms with Gasteiger partial charge in [-0.1, -0.05) is 6.07 Å². The molecule has 0 bridgehead atoms. The van der Waals surface area contributed by atoms with E-state index in [1.807, 2.05) is 0 Å². The van der Waals surface area contributed by atoms with E-state index in [4.69, 9.17) is 4.74 Å². The number of rotatable bonds is 11. The Balaban J connectivity index is 1.75. The Morgan fingerprint density at radius 3 is 2.61 bits per heavy atom. The molecule has 1 aromatic carbocycles. The van der Waals surface area contributed by atoms with Gasteiger partial charge in [-0.2, -0.15) is 0 Å². The summed E-state index contributed by atoms with van der Waals surface area (Å²) in [5.41, 5.74) is 0.341. The fourth-order valence-electron chi connectivity index (χ4n) is 3.00. The molecule has 28 heavy (non-hydrogen) atoms. The number of carbonyl (C=O) groups excluding carboxylic acids is 1. The lowest BCUT2D eigenvalue weighted by Gasteiger charge is -2.32. The molecule has 0 saturated carbocycles. The minimum absolute atomic E-state index is 0.0753. The monoisotopic (exact) mass is 412 g/mol. The van der Waals surface area contributed by atoms with Crippen LogP contribution in [0.5, 0.6) is 0 Å². The smallest absolute Gasteiger partial charge is 0.251 e. The van der Waals surface area contributed by atoms with Crippen LogP contribution < -0.4 is 10.0 Å². The third kappa shape index (κ3) is 7.48. The van der Waals surface area contributed by atoms with Gasteiger partial charge < -0.3 is 19.9 Å². The minimum atomic E-state index is -3.65. The number of ether oxygens (including phenoxy) is 1. The van der Waals surface area contributed by atoms with Gasteiger partial charge in [0.15, 0.2) is 0 Å². The van der Waals surface area contributed by atoms with Crippen LogP contribution >= 0.6 is 0 Å². The van der Waals surface area contributed by atoms with Crippen molar-refractivity contribution in [1.29, 1.82) is 0 Å². The van der Waals surface area contributed by atoms with Crippen LogP contribution in [0.3, 0.4) is 0 Å². The van der Waals surface area contributed by atoms with E-state index in [-0.39, 0.29) is 24.0 Å². The molecule has 0 aliphatic carbocycles. The van der Waals surface area contributed by atoms with E-state index in [1.165, 1.54) is 19.2 Å². The van der Waals surface area contributed by atoms with E-state index in [0.717, 1.165) is 45.6 Å². The van der Waals surface area contributed by atoms with E-state index >= 15 is 0 Å². The van der Waals surface area contributed by atoms with Crippen LogP contribution in [0.1, 0.15) is 23.2 Å². The summed E-state index contributed by atoms with van der Waals surface area (Å²) < 4.78 is 31.8. The van der Waals surface area contributed by atoms with Crippen molar-refractivity contribution in [3.63, 3.8) is 0 Å². The molecule has 1 saturated heterocycles. The predicted octanol–water partition coefficient (Wildman–Crippen LogP) is 0.369. The number of carbonyl (C=O) groups is 1. The molecule has 1 aromatic rings. The van der Waals surface area contributed by atoms with Crippen LogP contribution in [0.15, 0.2) is 29.2 Å². The maximum absolute atomic E-state index is 12.3. The molecule has 1 fully saturated rings. The van der Waals surface area contributed by atoms with Crippen molar-refractivity contribution in [2.75, 3.05) is 66.6 Å². The number of likely N-dealkylation sites (N-methyl/N-ethyl adjacent to an activating group) is 1. The van der Waals surface area contributed by atoms with Crippen molar-refractivity contribution in [2.45, 2.75) is 17.7 Å². The first-order chi connectivity index (χ1) is 13.4. The summed E-state index contributed by atoms with van der Waals surface area (Å²) in [7, 11) is -0.00699. The number of nitrogens with one attached hydrogen (secondary N) is 2. The zero-order valence-electron chi connectivity index (χ0n) is 16.8. The molecule has 0 radical (unpaired) electrons. The van der Waals surface area contributed by atoms with Crippen molar-refractivity contribution in [1.82, 2.24) is 19.8 Å². The highest BCUT2D eigenvalue weighted by Crippen LogP contribution is 2.11. The molecule has 9 heteroatoms. The summed E-state index contributed by atoms with van der Waals surface area (Å²) in [5, 5.41) is 2.87. The van der Waals surface area contributed by atoms with Gasteiger partial charge in [-0.05, 0) is 44.6 Å². The van der Waals surface area contributed by atoms with Gasteiger partial charge in [0.05, 0.1) is 11.5 Å². The number of methoxy groups -OCH3 is 1. The fourth-order valence-corrected chi connectivity index (χ4v) is 4.06. The van der Waals surface area contributed by atoms with Gasteiger partial charge in [0.1, 0.15) is 0 Å². The first kappa shape index (κ1) is 22.8. The molecule has 0 atom stereocenters. The highest BCUT2D eigenvalue weighted by atomic mass is 32.2. The van der Waals surface area contributed by atoms with Crippen LogP contribution in [0.4, 0.5) is 0 Å². The predicted molar refractivity (Wildman–Crippen MR) is 109 cm³/mol. The van der Waals surface area contributed by atoms with E-state index in [2.05, 4.69) is 26.9 Å². The zero-order valence-corrected chi connectivity index (χ0v) is 17.6. The number of piperazine rings is 1. The number of unbranched alkanes of at least 4 members (excludes halogenated alkanes) is 1. The van der Waals surface area contributed by atoms with E-state index in [1.54, 1.807) is 12.1 Å². The Morgan fingerprint density at radius 2 is 1.89 bits per heavy atom. The number of hydrogen-bond donors (Lipinski definition) is 2.